The van der Waals surface area contributed by atoms with Gasteiger partial charge in [-0.05, 0) is 53.9 Å². The van der Waals surface area contributed by atoms with Crippen molar-refractivity contribution in [1.29, 1.82) is 0 Å². The number of anilines is 1. The summed E-state index contributed by atoms with van der Waals surface area (Å²) in [4.78, 5) is 0. The van der Waals surface area contributed by atoms with Gasteiger partial charge in [0, 0.05) is 24.3 Å². The Bertz CT molecular complexity index is 670. The van der Waals surface area contributed by atoms with Gasteiger partial charge in [0.15, 0.2) is 0 Å². The molecule has 2 heteroatoms. The lowest BCUT2D eigenvalue weighted by Crippen LogP contribution is -2.42. The van der Waals surface area contributed by atoms with E-state index in [1.165, 1.54) is 36.1 Å². The van der Waals surface area contributed by atoms with Gasteiger partial charge in [-0.1, -0.05) is 70.2 Å². The molecular formula is C24H34N2. The summed E-state index contributed by atoms with van der Waals surface area (Å²) in [7, 11) is 0. The largest absolute Gasteiger partial charge is 0.382 e. The average Bonchev–Trinajstić information content (AvgIpc) is 2.62. The first kappa shape index (κ1) is 19.0. The van der Waals surface area contributed by atoms with Crippen LogP contribution in [0.25, 0.3) is 0 Å². The molecule has 0 radical (unpaired) electrons. The van der Waals surface area contributed by atoms with Gasteiger partial charge in [-0.25, -0.2) is 0 Å². The van der Waals surface area contributed by atoms with Crippen LogP contribution in [0.4, 0.5) is 5.69 Å². The second kappa shape index (κ2) is 8.26. The molecule has 2 nitrogen and oxygen atoms in total. The number of hydrogen-bond acceptors (Lipinski definition) is 2. The molecule has 1 aliphatic carbocycles. The van der Waals surface area contributed by atoms with Crippen LogP contribution in [0.15, 0.2) is 54.6 Å². The zero-order chi connectivity index (χ0) is 18.6. The van der Waals surface area contributed by atoms with Crippen LogP contribution in [0.5, 0.6) is 0 Å². The molecule has 1 aliphatic rings. The van der Waals surface area contributed by atoms with E-state index in [-0.39, 0.29) is 5.41 Å². The lowest BCUT2D eigenvalue weighted by molar-refractivity contribution is 0.264. The summed E-state index contributed by atoms with van der Waals surface area (Å²) in [6.07, 6.45) is 3.71. The van der Waals surface area contributed by atoms with Crippen molar-refractivity contribution in [3.8, 4) is 0 Å². The van der Waals surface area contributed by atoms with E-state index in [1.54, 1.807) is 0 Å². The van der Waals surface area contributed by atoms with E-state index in [9.17, 15) is 0 Å². The highest BCUT2D eigenvalue weighted by molar-refractivity contribution is 5.46. The first-order valence-corrected chi connectivity index (χ1v) is 10.1. The number of rotatable bonds is 5. The number of nitrogens with one attached hydrogen (secondary N) is 2. The van der Waals surface area contributed by atoms with E-state index in [0.29, 0.717) is 18.0 Å². The third-order valence-corrected chi connectivity index (χ3v) is 5.70. The summed E-state index contributed by atoms with van der Waals surface area (Å²) >= 11 is 0. The maximum atomic E-state index is 3.77. The van der Waals surface area contributed by atoms with Crippen LogP contribution in [0.3, 0.4) is 0 Å². The van der Waals surface area contributed by atoms with Gasteiger partial charge >= 0.3 is 0 Å². The minimum Gasteiger partial charge on any atom is -0.382 e. The maximum absolute atomic E-state index is 3.77. The Morgan fingerprint density at radius 2 is 1.62 bits per heavy atom. The maximum Gasteiger partial charge on any atom is 0.0342 e. The van der Waals surface area contributed by atoms with Crippen molar-refractivity contribution in [1.82, 2.24) is 5.32 Å². The van der Waals surface area contributed by atoms with Crippen molar-refractivity contribution in [2.45, 2.75) is 71.0 Å². The summed E-state index contributed by atoms with van der Waals surface area (Å²) in [6, 6.07) is 20.9. The monoisotopic (exact) mass is 350 g/mol. The summed E-state index contributed by atoms with van der Waals surface area (Å²) in [5.41, 5.74) is 4.24. The molecule has 0 heterocycles. The lowest BCUT2D eigenvalue weighted by Gasteiger charge is -2.35. The quantitative estimate of drug-likeness (QED) is 0.718. The highest BCUT2D eigenvalue weighted by atomic mass is 15.0. The Morgan fingerprint density at radius 3 is 2.23 bits per heavy atom. The van der Waals surface area contributed by atoms with Crippen LogP contribution >= 0.6 is 0 Å². The molecule has 1 fully saturated rings. The molecule has 3 rings (SSSR count). The molecule has 140 valence electrons. The van der Waals surface area contributed by atoms with Gasteiger partial charge < -0.3 is 10.6 Å². The first-order chi connectivity index (χ1) is 12.4. The third-order valence-electron chi connectivity index (χ3n) is 5.70. The van der Waals surface area contributed by atoms with Crippen molar-refractivity contribution in [2.24, 2.45) is 5.92 Å². The molecule has 3 atom stereocenters. The molecular weight excluding hydrogens is 316 g/mol. The van der Waals surface area contributed by atoms with Crippen LogP contribution in [-0.2, 0) is 12.0 Å². The summed E-state index contributed by atoms with van der Waals surface area (Å²) in [6.45, 7) is 10.2. The molecule has 3 unspecified atom stereocenters. The fourth-order valence-electron chi connectivity index (χ4n) is 3.98. The van der Waals surface area contributed by atoms with E-state index < -0.39 is 0 Å². The highest BCUT2D eigenvalue weighted by Gasteiger charge is 2.27. The fourth-order valence-corrected chi connectivity index (χ4v) is 3.98. The third kappa shape index (κ3) is 5.11. The Kier molecular flexibility index (Phi) is 6.03. The smallest absolute Gasteiger partial charge is 0.0342 e. The minimum absolute atomic E-state index is 0.218. The molecule has 0 saturated heterocycles. The molecule has 1 saturated carbocycles. The zero-order valence-corrected chi connectivity index (χ0v) is 16.8. The molecule has 2 N–H and O–H groups in total. The molecule has 0 amide bonds. The molecule has 0 bridgehead atoms. The normalized spacial score (nSPS) is 23.6. The molecule has 0 aliphatic heterocycles. The van der Waals surface area contributed by atoms with Crippen molar-refractivity contribution < 1.29 is 0 Å². The Balaban J connectivity index is 1.49. The predicted molar refractivity (Wildman–Crippen MR) is 113 cm³/mol. The number of hydrogen-bond donors (Lipinski definition) is 2. The average molecular weight is 351 g/mol. The fraction of sp³-hybridized carbons (Fsp3) is 0.500. The molecule has 26 heavy (non-hydrogen) atoms. The highest BCUT2D eigenvalue weighted by Crippen LogP contribution is 2.28. The van der Waals surface area contributed by atoms with Gasteiger partial charge in [-0.2, -0.15) is 0 Å². The van der Waals surface area contributed by atoms with Crippen LogP contribution in [0.2, 0.25) is 0 Å². The van der Waals surface area contributed by atoms with Gasteiger partial charge in [0.2, 0.25) is 0 Å². The molecule has 0 aromatic heterocycles. The van der Waals surface area contributed by atoms with Gasteiger partial charge in [-0.3, -0.25) is 0 Å². The van der Waals surface area contributed by atoms with Gasteiger partial charge in [0.1, 0.15) is 0 Å². The Morgan fingerprint density at radius 1 is 0.923 bits per heavy atom. The SMILES string of the molecule is CC1CC(Nc2ccc(C(C)(C)C)cc2)CCC1NCc1ccccc1. The Labute approximate surface area is 159 Å². The Hall–Kier alpha value is -1.80. The summed E-state index contributed by atoms with van der Waals surface area (Å²) in [5.74, 6) is 0.693. The van der Waals surface area contributed by atoms with Crippen LogP contribution in [-0.4, -0.2) is 12.1 Å². The predicted octanol–water partition coefficient (Wildman–Crippen LogP) is 5.74. The van der Waals surface area contributed by atoms with Crippen LogP contribution in [0, 0.1) is 5.92 Å². The van der Waals surface area contributed by atoms with Crippen LogP contribution in [0.1, 0.15) is 58.1 Å². The van der Waals surface area contributed by atoms with E-state index in [2.05, 4.69) is 92.9 Å². The zero-order valence-electron chi connectivity index (χ0n) is 16.8. The van der Waals surface area contributed by atoms with E-state index in [0.717, 1.165) is 6.54 Å². The van der Waals surface area contributed by atoms with Crippen molar-refractivity contribution in [2.75, 3.05) is 5.32 Å². The molecule has 2 aromatic rings. The van der Waals surface area contributed by atoms with E-state index >= 15 is 0 Å². The second-order valence-corrected chi connectivity index (χ2v) is 8.93. The van der Waals surface area contributed by atoms with Crippen LogP contribution < -0.4 is 10.6 Å². The van der Waals surface area contributed by atoms with Gasteiger partial charge in [0.25, 0.3) is 0 Å². The minimum atomic E-state index is 0.218. The second-order valence-electron chi connectivity index (χ2n) is 8.93. The van der Waals surface area contributed by atoms with Crippen molar-refractivity contribution >= 4 is 5.69 Å². The summed E-state index contributed by atoms with van der Waals surface area (Å²) < 4.78 is 0. The molecule has 0 spiro atoms. The number of benzene rings is 2. The van der Waals surface area contributed by atoms with E-state index in [1.807, 2.05) is 0 Å². The summed E-state index contributed by atoms with van der Waals surface area (Å²) in [5, 5.41) is 7.52. The van der Waals surface area contributed by atoms with Gasteiger partial charge in [0.05, 0.1) is 0 Å². The van der Waals surface area contributed by atoms with E-state index in [4.69, 9.17) is 0 Å². The van der Waals surface area contributed by atoms with Crippen molar-refractivity contribution in [3.05, 3.63) is 65.7 Å². The standard InChI is InChI=1S/C24H34N2/c1-18-16-22(26-21-12-10-20(11-13-21)24(2,3)4)14-15-23(18)25-17-19-8-6-5-7-9-19/h5-13,18,22-23,25-26H,14-17H2,1-4H3. The van der Waals surface area contributed by atoms with Crippen molar-refractivity contribution in [3.63, 3.8) is 0 Å². The lowest BCUT2D eigenvalue weighted by atomic mass is 9.82. The molecule has 2 aromatic carbocycles. The van der Waals surface area contributed by atoms with Gasteiger partial charge in [-0.15, -0.1) is 0 Å². The topological polar surface area (TPSA) is 24.1 Å². The first-order valence-electron chi connectivity index (χ1n) is 10.1.